The zero-order valence-corrected chi connectivity index (χ0v) is 13.8. The first-order valence-corrected chi connectivity index (χ1v) is 8.18. The first kappa shape index (κ1) is 17.3. The second kappa shape index (κ2) is 8.52. The van der Waals surface area contributed by atoms with Crippen molar-refractivity contribution in [3.8, 4) is 23.2 Å². The molecule has 0 aliphatic carbocycles. The first-order valence-electron chi connectivity index (χ1n) is 8.18. The molecule has 1 aromatic carbocycles. The predicted octanol–water partition coefficient (Wildman–Crippen LogP) is 3.59. The van der Waals surface area contributed by atoms with Crippen LogP contribution in [-0.2, 0) is 9.47 Å². The fourth-order valence-corrected chi connectivity index (χ4v) is 2.43. The molecule has 0 N–H and O–H groups in total. The van der Waals surface area contributed by atoms with Gasteiger partial charge < -0.3 is 9.47 Å². The standard InChI is InChI=1S/C20H19FN2O2/c1-2-3-4-16-13-24-19(25-14-16)10-5-15-11-22-20(23-12-15)17-6-8-18(21)9-7-17/h2,6-9,11-12,16,19H,1,3-4,13-14H2. The molecule has 1 fully saturated rings. The van der Waals surface area contributed by atoms with Gasteiger partial charge in [-0.2, -0.15) is 0 Å². The van der Waals surface area contributed by atoms with Crippen molar-refractivity contribution in [2.24, 2.45) is 5.92 Å². The summed E-state index contributed by atoms with van der Waals surface area (Å²) < 4.78 is 24.2. The fraction of sp³-hybridized carbons (Fsp3) is 0.300. The van der Waals surface area contributed by atoms with E-state index in [0.29, 0.717) is 30.5 Å². The topological polar surface area (TPSA) is 44.2 Å². The maximum atomic E-state index is 12.9. The minimum atomic E-state index is -0.517. The van der Waals surface area contributed by atoms with Crippen molar-refractivity contribution < 1.29 is 13.9 Å². The second-order valence-electron chi connectivity index (χ2n) is 5.80. The molecule has 0 amide bonds. The van der Waals surface area contributed by atoms with Crippen molar-refractivity contribution in [2.45, 2.75) is 19.1 Å². The molecular weight excluding hydrogens is 319 g/mol. The summed E-state index contributed by atoms with van der Waals surface area (Å²) in [5, 5.41) is 0. The number of allylic oxidation sites excluding steroid dienone is 1. The third kappa shape index (κ3) is 4.96. The molecule has 3 rings (SSSR count). The molecule has 4 nitrogen and oxygen atoms in total. The third-order valence-corrected chi connectivity index (χ3v) is 3.83. The Morgan fingerprint density at radius 1 is 1.16 bits per heavy atom. The van der Waals surface area contributed by atoms with E-state index < -0.39 is 6.29 Å². The normalized spacial score (nSPS) is 19.7. The van der Waals surface area contributed by atoms with Gasteiger partial charge in [0, 0.05) is 23.9 Å². The van der Waals surface area contributed by atoms with Gasteiger partial charge in [0.05, 0.1) is 18.8 Å². The summed E-state index contributed by atoms with van der Waals surface area (Å²) in [6.07, 6.45) is 6.63. The maximum absolute atomic E-state index is 12.9. The lowest BCUT2D eigenvalue weighted by molar-refractivity contribution is -0.169. The quantitative estimate of drug-likeness (QED) is 0.631. The number of rotatable bonds is 4. The molecular formula is C20H19FN2O2. The van der Waals surface area contributed by atoms with Crippen LogP contribution in [0.3, 0.4) is 0 Å². The summed E-state index contributed by atoms with van der Waals surface area (Å²) in [4.78, 5) is 8.52. The van der Waals surface area contributed by atoms with Gasteiger partial charge in [-0.15, -0.1) is 6.58 Å². The van der Waals surface area contributed by atoms with E-state index in [0.717, 1.165) is 18.4 Å². The van der Waals surface area contributed by atoms with E-state index in [1.54, 1.807) is 24.5 Å². The predicted molar refractivity (Wildman–Crippen MR) is 92.9 cm³/mol. The Morgan fingerprint density at radius 3 is 2.48 bits per heavy atom. The minimum absolute atomic E-state index is 0.287. The highest BCUT2D eigenvalue weighted by atomic mass is 19.1. The zero-order valence-electron chi connectivity index (χ0n) is 13.8. The monoisotopic (exact) mass is 338 g/mol. The minimum Gasteiger partial charge on any atom is -0.342 e. The number of hydrogen-bond acceptors (Lipinski definition) is 4. The number of ether oxygens (including phenoxy) is 2. The summed E-state index contributed by atoms with van der Waals surface area (Å²) in [7, 11) is 0. The van der Waals surface area contributed by atoms with Crippen molar-refractivity contribution in [2.75, 3.05) is 13.2 Å². The lowest BCUT2D eigenvalue weighted by Crippen LogP contribution is -2.31. The number of benzene rings is 1. The summed E-state index contributed by atoms with van der Waals surface area (Å²) in [6, 6.07) is 6.05. The molecule has 0 unspecified atom stereocenters. The van der Waals surface area contributed by atoms with Crippen LogP contribution in [0.5, 0.6) is 0 Å². The molecule has 1 aliphatic rings. The number of nitrogens with zero attached hydrogens (tertiary/aromatic N) is 2. The van der Waals surface area contributed by atoms with Crippen LogP contribution in [0, 0.1) is 23.6 Å². The smallest absolute Gasteiger partial charge is 0.222 e. The first-order chi connectivity index (χ1) is 12.2. The van der Waals surface area contributed by atoms with Gasteiger partial charge in [0.25, 0.3) is 0 Å². The lowest BCUT2D eigenvalue weighted by atomic mass is 10.1. The van der Waals surface area contributed by atoms with E-state index >= 15 is 0 Å². The van der Waals surface area contributed by atoms with Crippen LogP contribution in [0.25, 0.3) is 11.4 Å². The van der Waals surface area contributed by atoms with Crippen LogP contribution >= 0.6 is 0 Å². The Balaban J connectivity index is 1.57. The highest BCUT2D eigenvalue weighted by Gasteiger charge is 2.19. The number of halogens is 1. The van der Waals surface area contributed by atoms with Crippen LogP contribution in [0.15, 0.2) is 49.3 Å². The molecule has 1 aliphatic heterocycles. The average molecular weight is 338 g/mol. The van der Waals surface area contributed by atoms with Crippen molar-refractivity contribution >= 4 is 0 Å². The van der Waals surface area contributed by atoms with Gasteiger partial charge in [-0.3, -0.25) is 0 Å². The molecule has 5 heteroatoms. The van der Waals surface area contributed by atoms with Gasteiger partial charge in [-0.1, -0.05) is 12.0 Å². The lowest BCUT2D eigenvalue weighted by Gasteiger charge is -2.26. The summed E-state index contributed by atoms with van der Waals surface area (Å²) in [6.45, 7) is 5.01. The van der Waals surface area contributed by atoms with Gasteiger partial charge in [-0.25, -0.2) is 14.4 Å². The van der Waals surface area contributed by atoms with Crippen LogP contribution in [0.2, 0.25) is 0 Å². The maximum Gasteiger partial charge on any atom is 0.222 e. The molecule has 1 aromatic heterocycles. The zero-order chi connectivity index (χ0) is 17.5. The van der Waals surface area contributed by atoms with Gasteiger partial charge in [0.2, 0.25) is 6.29 Å². The largest absolute Gasteiger partial charge is 0.342 e. The van der Waals surface area contributed by atoms with Crippen LogP contribution in [-0.4, -0.2) is 29.5 Å². The second-order valence-corrected chi connectivity index (χ2v) is 5.80. The SMILES string of the molecule is C=CCCC1COC(C#Cc2cnc(-c3ccc(F)cc3)nc2)OC1. The third-order valence-electron chi connectivity index (χ3n) is 3.83. The molecule has 1 saturated heterocycles. The van der Waals surface area contributed by atoms with E-state index in [1.807, 2.05) is 6.08 Å². The molecule has 2 heterocycles. The Hall–Kier alpha value is -2.55. The van der Waals surface area contributed by atoms with Gasteiger partial charge in [0.1, 0.15) is 5.82 Å². The Kier molecular flexibility index (Phi) is 5.89. The number of aromatic nitrogens is 2. The van der Waals surface area contributed by atoms with Crippen molar-refractivity contribution in [3.05, 3.63) is 60.7 Å². The summed E-state index contributed by atoms with van der Waals surface area (Å²) in [5.41, 5.74) is 1.43. The average Bonchev–Trinajstić information content (AvgIpc) is 2.67. The highest BCUT2D eigenvalue weighted by Crippen LogP contribution is 2.16. The van der Waals surface area contributed by atoms with E-state index in [2.05, 4.69) is 28.4 Å². The molecule has 0 atom stereocenters. The van der Waals surface area contributed by atoms with E-state index in [1.165, 1.54) is 12.1 Å². The van der Waals surface area contributed by atoms with Gasteiger partial charge in [0.15, 0.2) is 5.82 Å². The van der Waals surface area contributed by atoms with Gasteiger partial charge >= 0.3 is 0 Å². The molecule has 2 aromatic rings. The highest BCUT2D eigenvalue weighted by molar-refractivity contribution is 5.54. The van der Waals surface area contributed by atoms with Crippen LogP contribution in [0.1, 0.15) is 18.4 Å². The summed E-state index contributed by atoms with van der Waals surface area (Å²) in [5.74, 6) is 6.54. The van der Waals surface area contributed by atoms with Crippen molar-refractivity contribution in [1.29, 1.82) is 0 Å². The molecule has 25 heavy (non-hydrogen) atoms. The fourth-order valence-electron chi connectivity index (χ4n) is 2.43. The molecule has 0 radical (unpaired) electrons. The van der Waals surface area contributed by atoms with E-state index in [9.17, 15) is 4.39 Å². The van der Waals surface area contributed by atoms with E-state index in [-0.39, 0.29) is 5.82 Å². The van der Waals surface area contributed by atoms with Gasteiger partial charge in [-0.05, 0) is 43.0 Å². The molecule has 128 valence electrons. The molecule has 0 spiro atoms. The van der Waals surface area contributed by atoms with Crippen molar-refractivity contribution in [3.63, 3.8) is 0 Å². The number of hydrogen-bond donors (Lipinski definition) is 0. The Labute approximate surface area is 146 Å². The molecule has 0 bridgehead atoms. The van der Waals surface area contributed by atoms with Crippen LogP contribution in [0.4, 0.5) is 4.39 Å². The summed E-state index contributed by atoms with van der Waals surface area (Å²) >= 11 is 0. The Morgan fingerprint density at radius 2 is 1.84 bits per heavy atom. The van der Waals surface area contributed by atoms with Crippen molar-refractivity contribution in [1.82, 2.24) is 9.97 Å². The molecule has 0 saturated carbocycles. The Bertz CT molecular complexity index is 755. The van der Waals surface area contributed by atoms with E-state index in [4.69, 9.17) is 9.47 Å². The van der Waals surface area contributed by atoms with Crippen LogP contribution < -0.4 is 0 Å².